The van der Waals surface area contributed by atoms with Crippen LogP contribution in [0.2, 0.25) is 0 Å². The normalized spacial score (nSPS) is 11.9. The van der Waals surface area contributed by atoms with Gasteiger partial charge in [-0.2, -0.15) is 15.4 Å². The van der Waals surface area contributed by atoms with Gasteiger partial charge in [-0.25, -0.2) is 0 Å². The number of aromatic amines is 1. The lowest BCUT2D eigenvalue weighted by Gasteiger charge is -2.02. The zero-order valence-corrected chi connectivity index (χ0v) is 10.8. The summed E-state index contributed by atoms with van der Waals surface area (Å²) in [6, 6.07) is 1.93. The zero-order chi connectivity index (χ0) is 13.5. The minimum atomic E-state index is 0.744. The number of H-pyrrole nitrogens is 1. The first-order valence-electron chi connectivity index (χ1n) is 5.90. The third kappa shape index (κ3) is 3.99. The fourth-order valence-electron chi connectivity index (χ4n) is 1.44. The van der Waals surface area contributed by atoms with Crippen molar-refractivity contribution < 1.29 is 4.42 Å². The average molecular weight is 256 g/mol. The number of nitrogens with zero attached hydrogens (tertiary/aromatic N) is 2. The summed E-state index contributed by atoms with van der Waals surface area (Å²) in [7, 11) is 0. The second kappa shape index (κ2) is 6.39. The van der Waals surface area contributed by atoms with E-state index in [1.165, 1.54) is 0 Å². The fourth-order valence-corrected chi connectivity index (χ4v) is 1.44. The standard InChI is InChI=1S/C14H16N4O/c1-11(14-9-16-18-17-14)4-3-5-12(2)15-8-13-6-7-19-10-13/h3-7,9-10,15H,1,8H2,2H3,(H,16,17,18)/b4-3-,12-5+. The number of aromatic nitrogens is 3. The van der Waals surface area contributed by atoms with Crippen LogP contribution >= 0.6 is 0 Å². The molecule has 0 bridgehead atoms. The van der Waals surface area contributed by atoms with Gasteiger partial charge < -0.3 is 9.73 Å². The van der Waals surface area contributed by atoms with Gasteiger partial charge in [0.2, 0.25) is 0 Å². The van der Waals surface area contributed by atoms with E-state index in [4.69, 9.17) is 4.42 Å². The lowest BCUT2D eigenvalue weighted by Crippen LogP contribution is -2.09. The molecule has 0 aliphatic heterocycles. The van der Waals surface area contributed by atoms with Gasteiger partial charge >= 0.3 is 0 Å². The lowest BCUT2D eigenvalue weighted by atomic mass is 10.2. The molecular formula is C14H16N4O. The second-order valence-corrected chi connectivity index (χ2v) is 4.07. The summed E-state index contributed by atoms with van der Waals surface area (Å²) in [6.45, 7) is 6.66. The molecule has 0 aliphatic rings. The fraction of sp³-hybridized carbons (Fsp3) is 0.143. The topological polar surface area (TPSA) is 66.7 Å². The van der Waals surface area contributed by atoms with E-state index in [-0.39, 0.29) is 0 Å². The first-order valence-corrected chi connectivity index (χ1v) is 5.90. The van der Waals surface area contributed by atoms with Gasteiger partial charge in [0.25, 0.3) is 0 Å². The summed E-state index contributed by atoms with van der Waals surface area (Å²) in [5.74, 6) is 0. The van der Waals surface area contributed by atoms with Crippen molar-refractivity contribution in [3.63, 3.8) is 0 Å². The maximum Gasteiger partial charge on any atom is 0.112 e. The third-order valence-corrected chi connectivity index (χ3v) is 2.54. The van der Waals surface area contributed by atoms with Gasteiger partial charge in [-0.05, 0) is 24.6 Å². The van der Waals surface area contributed by atoms with Crippen LogP contribution in [-0.4, -0.2) is 15.4 Å². The van der Waals surface area contributed by atoms with Crippen LogP contribution in [0.1, 0.15) is 18.2 Å². The highest BCUT2D eigenvalue weighted by Gasteiger charge is 1.96. The number of hydrogen-bond donors (Lipinski definition) is 2. The van der Waals surface area contributed by atoms with Crippen LogP contribution in [0.25, 0.3) is 5.57 Å². The third-order valence-electron chi connectivity index (χ3n) is 2.54. The van der Waals surface area contributed by atoms with Gasteiger partial charge in [0.1, 0.15) is 5.69 Å². The molecule has 2 aromatic rings. The maximum atomic E-state index is 5.00. The molecule has 0 fully saturated rings. The molecule has 2 aromatic heterocycles. The Labute approximate surface area is 111 Å². The summed E-state index contributed by atoms with van der Waals surface area (Å²) in [6.07, 6.45) is 10.8. The summed E-state index contributed by atoms with van der Waals surface area (Å²) in [5.41, 5.74) is 3.73. The molecule has 0 unspecified atom stereocenters. The Hall–Kier alpha value is -2.56. The molecule has 0 aromatic carbocycles. The Kier molecular flexibility index (Phi) is 4.34. The number of nitrogens with one attached hydrogen (secondary N) is 2. The summed E-state index contributed by atoms with van der Waals surface area (Å²) >= 11 is 0. The Balaban J connectivity index is 1.82. The molecule has 0 radical (unpaired) electrons. The van der Waals surface area contributed by atoms with Crippen LogP contribution < -0.4 is 5.32 Å². The Bertz CT molecular complexity index is 565. The quantitative estimate of drug-likeness (QED) is 0.780. The van der Waals surface area contributed by atoms with Gasteiger partial charge in [-0.3, -0.25) is 0 Å². The van der Waals surface area contributed by atoms with Gasteiger partial charge in [-0.1, -0.05) is 18.7 Å². The van der Waals surface area contributed by atoms with E-state index in [0.717, 1.165) is 29.1 Å². The van der Waals surface area contributed by atoms with Crippen LogP contribution in [0.15, 0.2) is 59.7 Å². The van der Waals surface area contributed by atoms with Crippen molar-refractivity contribution in [3.8, 4) is 0 Å². The first kappa shape index (κ1) is 12.9. The molecule has 5 heteroatoms. The summed E-state index contributed by atoms with van der Waals surface area (Å²) in [4.78, 5) is 0. The zero-order valence-electron chi connectivity index (χ0n) is 10.8. The van der Waals surface area contributed by atoms with E-state index in [9.17, 15) is 0 Å². The number of furan rings is 1. The van der Waals surface area contributed by atoms with Crippen molar-refractivity contribution in [2.45, 2.75) is 13.5 Å². The maximum absolute atomic E-state index is 5.00. The molecule has 0 amide bonds. The van der Waals surface area contributed by atoms with E-state index in [2.05, 4.69) is 27.3 Å². The van der Waals surface area contributed by atoms with Crippen molar-refractivity contribution in [3.05, 3.63) is 66.6 Å². The highest BCUT2D eigenvalue weighted by molar-refractivity contribution is 5.68. The molecule has 0 atom stereocenters. The molecule has 98 valence electrons. The molecule has 2 N–H and O–H groups in total. The smallest absolute Gasteiger partial charge is 0.112 e. The van der Waals surface area contributed by atoms with Crippen molar-refractivity contribution in [2.24, 2.45) is 0 Å². The predicted octanol–water partition coefficient (Wildman–Crippen LogP) is 2.66. The SMILES string of the molecule is C=C(/C=C\C=C(/C)NCc1ccoc1)c1cn[nH]n1. The van der Waals surface area contributed by atoms with Crippen LogP contribution in [0.5, 0.6) is 0 Å². The highest BCUT2D eigenvalue weighted by atomic mass is 16.3. The Morgan fingerprint density at radius 1 is 1.58 bits per heavy atom. The van der Waals surface area contributed by atoms with Gasteiger partial charge in [0.05, 0.1) is 18.7 Å². The molecule has 0 spiro atoms. The first-order chi connectivity index (χ1) is 9.25. The molecule has 2 rings (SSSR count). The minimum absolute atomic E-state index is 0.744. The molecule has 5 nitrogen and oxygen atoms in total. The van der Waals surface area contributed by atoms with Crippen molar-refractivity contribution in [1.82, 2.24) is 20.7 Å². The van der Waals surface area contributed by atoms with E-state index >= 15 is 0 Å². The van der Waals surface area contributed by atoms with Crippen LogP contribution in [0, 0.1) is 0 Å². The van der Waals surface area contributed by atoms with Crippen LogP contribution in [0.3, 0.4) is 0 Å². The second-order valence-electron chi connectivity index (χ2n) is 4.07. The largest absolute Gasteiger partial charge is 0.472 e. The summed E-state index contributed by atoms with van der Waals surface area (Å²) in [5, 5.41) is 13.5. The number of hydrogen-bond acceptors (Lipinski definition) is 4. The van der Waals surface area contributed by atoms with Gasteiger partial charge in [0.15, 0.2) is 0 Å². The Morgan fingerprint density at radius 3 is 3.16 bits per heavy atom. The molecule has 0 saturated heterocycles. The van der Waals surface area contributed by atoms with Gasteiger partial charge in [-0.15, -0.1) is 0 Å². The number of allylic oxidation sites excluding steroid dienone is 5. The van der Waals surface area contributed by atoms with E-state index in [1.807, 2.05) is 31.2 Å². The molecular weight excluding hydrogens is 240 g/mol. The monoisotopic (exact) mass is 256 g/mol. The molecule has 19 heavy (non-hydrogen) atoms. The van der Waals surface area contributed by atoms with Crippen molar-refractivity contribution in [1.29, 1.82) is 0 Å². The van der Waals surface area contributed by atoms with Gasteiger partial charge in [0, 0.05) is 17.8 Å². The van der Waals surface area contributed by atoms with E-state index in [0.29, 0.717) is 0 Å². The Morgan fingerprint density at radius 2 is 2.47 bits per heavy atom. The van der Waals surface area contributed by atoms with Crippen molar-refractivity contribution in [2.75, 3.05) is 0 Å². The molecule has 0 saturated carbocycles. The lowest BCUT2D eigenvalue weighted by molar-refractivity contribution is 0.562. The van der Waals surface area contributed by atoms with E-state index in [1.54, 1.807) is 18.7 Å². The molecule has 0 aliphatic carbocycles. The molecule has 2 heterocycles. The minimum Gasteiger partial charge on any atom is -0.472 e. The van der Waals surface area contributed by atoms with Crippen molar-refractivity contribution >= 4 is 5.57 Å². The highest BCUT2D eigenvalue weighted by Crippen LogP contribution is 2.08. The van der Waals surface area contributed by atoms with Crippen LogP contribution in [-0.2, 0) is 6.54 Å². The van der Waals surface area contributed by atoms with E-state index < -0.39 is 0 Å². The average Bonchev–Trinajstić information content (AvgIpc) is 3.09. The van der Waals surface area contributed by atoms with Crippen LogP contribution in [0.4, 0.5) is 0 Å². The summed E-state index contributed by atoms with van der Waals surface area (Å²) < 4.78 is 5.00. The predicted molar refractivity (Wildman–Crippen MR) is 73.9 cm³/mol. The number of rotatable bonds is 6.